The van der Waals surface area contributed by atoms with E-state index in [1.54, 1.807) is 20.8 Å². The van der Waals surface area contributed by atoms with Crippen molar-refractivity contribution in [3.8, 4) is 0 Å². The van der Waals surface area contributed by atoms with Gasteiger partial charge in [-0.25, -0.2) is 9.18 Å². The Morgan fingerprint density at radius 2 is 2.07 bits per heavy atom. The summed E-state index contributed by atoms with van der Waals surface area (Å²) < 4.78 is 18.0. The molecule has 15 heavy (non-hydrogen) atoms. The number of halogens is 2. The standard InChI is InChI=1S/C11H12ClFO2/c1-6(2)15-11(14)8-4-7(3)10(13)5-9(8)12/h4-6H,1-3H3. The Bertz CT molecular complexity index is 388. The molecule has 0 bridgehead atoms. The van der Waals surface area contributed by atoms with Gasteiger partial charge in [0.15, 0.2) is 0 Å². The number of rotatable bonds is 2. The van der Waals surface area contributed by atoms with Gasteiger partial charge < -0.3 is 4.74 Å². The lowest BCUT2D eigenvalue weighted by Gasteiger charge is -2.09. The molecule has 1 rings (SSSR count). The molecular weight excluding hydrogens is 219 g/mol. The van der Waals surface area contributed by atoms with Gasteiger partial charge in [-0.2, -0.15) is 0 Å². The highest BCUT2D eigenvalue weighted by Crippen LogP contribution is 2.21. The Kier molecular flexibility index (Phi) is 3.69. The number of carbonyl (C=O) groups excluding carboxylic acids is 1. The van der Waals surface area contributed by atoms with E-state index in [0.29, 0.717) is 5.56 Å². The Morgan fingerprint density at radius 1 is 1.47 bits per heavy atom. The molecule has 0 saturated carbocycles. The molecule has 0 amide bonds. The molecular formula is C11H12ClFO2. The van der Waals surface area contributed by atoms with E-state index in [1.807, 2.05) is 0 Å². The van der Waals surface area contributed by atoms with E-state index < -0.39 is 11.8 Å². The van der Waals surface area contributed by atoms with Crippen molar-refractivity contribution < 1.29 is 13.9 Å². The molecule has 0 aliphatic rings. The van der Waals surface area contributed by atoms with Gasteiger partial charge in [-0.3, -0.25) is 0 Å². The average Bonchev–Trinajstić information content (AvgIpc) is 2.09. The number of hydrogen-bond acceptors (Lipinski definition) is 2. The van der Waals surface area contributed by atoms with E-state index in [9.17, 15) is 9.18 Å². The normalized spacial score (nSPS) is 10.5. The minimum atomic E-state index is -0.530. The number of ether oxygens (including phenoxy) is 1. The molecule has 0 atom stereocenters. The summed E-state index contributed by atoms with van der Waals surface area (Å²) in [5.74, 6) is -0.959. The maximum absolute atomic E-state index is 13.0. The molecule has 0 radical (unpaired) electrons. The van der Waals surface area contributed by atoms with Crippen molar-refractivity contribution in [2.45, 2.75) is 26.9 Å². The third kappa shape index (κ3) is 2.93. The van der Waals surface area contributed by atoms with Crippen LogP contribution < -0.4 is 0 Å². The van der Waals surface area contributed by atoms with Crippen LogP contribution in [-0.2, 0) is 4.74 Å². The summed E-state index contributed by atoms with van der Waals surface area (Å²) in [5, 5.41) is 0.0729. The van der Waals surface area contributed by atoms with Gasteiger partial charge in [0.2, 0.25) is 0 Å². The van der Waals surface area contributed by atoms with Crippen molar-refractivity contribution in [1.82, 2.24) is 0 Å². The maximum Gasteiger partial charge on any atom is 0.339 e. The molecule has 0 saturated heterocycles. The monoisotopic (exact) mass is 230 g/mol. The minimum Gasteiger partial charge on any atom is -0.459 e. The van der Waals surface area contributed by atoms with Gasteiger partial charge in [0.25, 0.3) is 0 Å². The molecule has 1 aromatic carbocycles. The van der Waals surface area contributed by atoms with E-state index in [1.165, 1.54) is 6.07 Å². The Morgan fingerprint density at radius 3 is 2.60 bits per heavy atom. The van der Waals surface area contributed by atoms with Crippen molar-refractivity contribution in [3.05, 3.63) is 34.1 Å². The summed E-state index contributed by atoms with van der Waals surface area (Å²) in [5.41, 5.74) is 0.569. The van der Waals surface area contributed by atoms with Crippen LogP contribution in [0.4, 0.5) is 4.39 Å². The number of carbonyl (C=O) groups is 1. The van der Waals surface area contributed by atoms with Crippen LogP contribution in [0.2, 0.25) is 5.02 Å². The Balaban J connectivity index is 3.04. The van der Waals surface area contributed by atoms with E-state index in [4.69, 9.17) is 16.3 Å². The quantitative estimate of drug-likeness (QED) is 0.729. The number of aryl methyl sites for hydroxylation is 1. The first kappa shape index (κ1) is 12.0. The summed E-state index contributed by atoms with van der Waals surface area (Å²) in [6.07, 6.45) is -0.223. The molecule has 82 valence electrons. The van der Waals surface area contributed by atoms with Crippen molar-refractivity contribution >= 4 is 17.6 Å². The molecule has 0 aromatic heterocycles. The molecule has 0 fully saturated rings. The molecule has 2 nitrogen and oxygen atoms in total. The zero-order valence-electron chi connectivity index (χ0n) is 8.80. The van der Waals surface area contributed by atoms with Gasteiger partial charge in [-0.05, 0) is 38.5 Å². The highest BCUT2D eigenvalue weighted by molar-refractivity contribution is 6.33. The summed E-state index contributed by atoms with van der Waals surface area (Å²) in [6, 6.07) is 2.51. The van der Waals surface area contributed by atoms with Crippen LogP contribution in [0.3, 0.4) is 0 Å². The highest BCUT2D eigenvalue weighted by Gasteiger charge is 2.15. The second-order valence-electron chi connectivity index (χ2n) is 3.54. The van der Waals surface area contributed by atoms with Gasteiger partial charge >= 0.3 is 5.97 Å². The second-order valence-corrected chi connectivity index (χ2v) is 3.94. The van der Waals surface area contributed by atoms with E-state index in [2.05, 4.69) is 0 Å². The van der Waals surface area contributed by atoms with Crippen molar-refractivity contribution in [3.63, 3.8) is 0 Å². The van der Waals surface area contributed by atoms with Crippen LogP contribution in [0, 0.1) is 12.7 Å². The van der Waals surface area contributed by atoms with Crippen molar-refractivity contribution in [2.24, 2.45) is 0 Å². The summed E-state index contributed by atoms with van der Waals surface area (Å²) in [7, 11) is 0. The van der Waals surface area contributed by atoms with Gasteiger partial charge in [0, 0.05) is 0 Å². The fraction of sp³-hybridized carbons (Fsp3) is 0.364. The molecule has 0 spiro atoms. The average molecular weight is 231 g/mol. The highest BCUT2D eigenvalue weighted by atomic mass is 35.5. The smallest absolute Gasteiger partial charge is 0.339 e. The lowest BCUT2D eigenvalue weighted by Crippen LogP contribution is -2.12. The number of esters is 1. The van der Waals surface area contributed by atoms with Crippen LogP contribution in [0.5, 0.6) is 0 Å². The van der Waals surface area contributed by atoms with Crippen LogP contribution in [-0.4, -0.2) is 12.1 Å². The SMILES string of the molecule is Cc1cc(C(=O)OC(C)C)c(Cl)cc1F. The molecule has 0 unspecified atom stereocenters. The lowest BCUT2D eigenvalue weighted by molar-refractivity contribution is 0.0378. The molecule has 0 aliphatic carbocycles. The molecule has 4 heteroatoms. The molecule has 0 N–H and O–H groups in total. The van der Waals surface area contributed by atoms with E-state index in [0.717, 1.165) is 6.07 Å². The van der Waals surface area contributed by atoms with Gasteiger partial charge in [0.05, 0.1) is 16.7 Å². The van der Waals surface area contributed by atoms with Crippen molar-refractivity contribution in [2.75, 3.05) is 0 Å². The summed E-state index contributed by atoms with van der Waals surface area (Å²) in [6.45, 7) is 5.04. The van der Waals surface area contributed by atoms with Crippen LogP contribution >= 0.6 is 11.6 Å². The predicted octanol–water partition coefficient (Wildman–Crippen LogP) is 3.35. The third-order valence-electron chi connectivity index (χ3n) is 1.81. The largest absolute Gasteiger partial charge is 0.459 e. The number of hydrogen-bond donors (Lipinski definition) is 0. The third-order valence-corrected chi connectivity index (χ3v) is 2.12. The second kappa shape index (κ2) is 4.62. The van der Waals surface area contributed by atoms with Crippen LogP contribution in [0.15, 0.2) is 12.1 Å². The van der Waals surface area contributed by atoms with Crippen molar-refractivity contribution in [1.29, 1.82) is 0 Å². The van der Waals surface area contributed by atoms with Gasteiger partial charge in [0.1, 0.15) is 5.82 Å². The van der Waals surface area contributed by atoms with Crippen LogP contribution in [0.25, 0.3) is 0 Å². The first-order valence-corrected chi connectivity index (χ1v) is 4.96. The predicted molar refractivity (Wildman–Crippen MR) is 56.7 cm³/mol. The van der Waals surface area contributed by atoms with Crippen LogP contribution in [0.1, 0.15) is 29.8 Å². The van der Waals surface area contributed by atoms with Gasteiger partial charge in [-0.1, -0.05) is 11.6 Å². The fourth-order valence-corrected chi connectivity index (χ4v) is 1.32. The topological polar surface area (TPSA) is 26.3 Å². The fourth-order valence-electron chi connectivity index (χ4n) is 1.09. The molecule has 0 aliphatic heterocycles. The first-order chi connectivity index (χ1) is 6.91. The molecule has 1 aromatic rings. The summed E-state index contributed by atoms with van der Waals surface area (Å²) in [4.78, 5) is 11.5. The first-order valence-electron chi connectivity index (χ1n) is 4.58. The Hall–Kier alpha value is -1.09. The van der Waals surface area contributed by atoms with Gasteiger partial charge in [-0.15, -0.1) is 0 Å². The maximum atomic E-state index is 13.0. The lowest BCUT2D eigenvalue weighted by atomic mass is 10.1. The number of benzene rings is 1. The minimum absolute atomic E-state index is 0.0729. The zero-order valence-corrected chi connectivity index (χ0v) is 9.56. The summed E-state index contributed by atoms with van der Waals surface area (Å²) >= 11 is 5.74. The Labute approximate surface area is 93.0 Å². The van der Waals surface area contributed by atoms with E-state index >= 15 is 0 Å². The molecule has 0 heterocycles. The van der Waals surface area contributed by atoms with E-state index in [-0.39, 0.29) is 16.7 Å². The zero-order chi connectivity index (χ0) is 11.6.